The molecule has 3 atom stereocenters. The quantitative estimate of drug-likeness (QED) is 0.832. The highest BCUT2D eigenvalue weighted by atomic mass is 16.4. The summed E-state index contributed by atoms with van der Waals surface area (Å²) in [6.07, 6.45) is 7.57. The summed E-state index contributed by atoms with van der Waals surface area (Å²) in [5.74, 6) is -0.734. The van der Waals surface area contributed by atoms with Gasteiger partial charge in [0, 0.05) is 18.1 Å². The Morgan fingerprint density at radius 3 is 2.55 bits per heavy atom. The number of nitrogens with one attached hydrogen (secondary N) is 1. The number of hydrogen-bond acceptors (Lipinski definition) is 3. The molecule has 1 saturated heterocycles. The van der Waals surface area contributed by atoms with Crippen molar-refractivity contribution in [3.8, 4) is 0 Å². The van der Waals surface area contributed by atoms with Crippen LogP contribution in [0.5, 0.6) is 0 Å². The fraction of sp³-hybridized carbons (Fsp3) is 0.938. The molecule has 116 valence electrons. The van der Waals surface area contributed by atoms with E-state index in [2.05, 4.69) is 24.1 Å². The van der Waals surface area contributed by atoms with Gasteiger partial charge in [-0.1, -0.05) is 6.42 Å². The van der Waals surface area contributed by atoms with Crippen LogP contribution in [0.1, 0.15) is 58.8 Å². The molecule has 0 aromatic rings. The molecule has 4 heteroatoms. The third kappa shape index (κ3) is 4.45. The minimum absolute atomic E-state index is 0.126. The number of likely N-dealkylation sites (tertiary alicyclic amines) is 1. The number of rotatable bonds is 4. The van der Waals surface area contributed by atoms with Gasteiger partial charge in [-0.2, -0.15) is 0 Å². The van der Waals surface area contributed by atoms with Gasteiger partial charge in [0.15, 0.2) is 0 Å². The molecule has 1 aliphatic carbocycles. The highest BCUT2D eigenvalue weighted by Crippen LogP contribution is 2.26. The van der Waals surface area contributed by atoms with Crippen molar-refractivity contribution in [2.45, 2.75) is 76.9 Å². The van der Waals surface area contributed by atoms with Crippen molar-refractivity contribution in [1.82, 2.24) is 10.2 Å². The summed E-state index contributed by atoms with van der Waals surface area (Å²) in [6.45, 7) is 6.92. The molecule has 20 heavy (non-hydrogen) atoms. The number of carboxylic acid groups (broad SMARTS) is 1. The second kappa shape index (κ2) is 7.41. The molecule has 1 heterocycles. The zero-order chi connectivity index (χ0) is 14.5. The van der Waals surface area contributed by atoms with Crippen molar-refractivity contribution in [3.63, 3.8) is 0 Å². The second-order valence-corrected chi connectivity index (χ2v) is 6.82. The number of hydrogen-bond donors (Lipinski definition) is 2. The maximum atomic E-state index is 11.1. The monoisotopic (exact) mass is 282 g/mol. The van der Waals surface area contributed by atoms with E-state index in [4.69, 9.17) is 5.11 Å². The molecular formula is C16H30N2O2. The van der Waals surface area contributed by atoms with E-state index in [0.29, 0.717) is 18.1 Å². The van der Waals surface area contributed by atoms with Crippen LogP contribution in [0.2, 0.25) is 0 Å². The van der Waals surface area contributed by atoms with Gasteiger partial charge in [0.1, 0.15) is 0 Å². The highest BCUT2D eigenvalue weighted by molar-refractivity contribution is 5.70. The Balaban J connectivity index is 1.79. The van der Waals surface area contributed by atoms with E-state index in [0.717, 1.165) is 25.7 Å². The van der Waals surface area contributed by atoms with Crippen LogP contribution in [0.3, 0.4) is 0 Å². The summed E-state index contributed by atoms with van der Waals surface area (Å²) in [5, 5.41) is 12.9. The van der Waals surface area contributed by atoms with Gasteiger partial charge in [-0.3, -0.25) is 4.79 Å². The van der Waals surface area contributed by atoms with Gasteiger partial charge in [0.25, 0.3) is 0 Å². The summed E-state index contributed by atoms with van der Waals surface area (Å²) < 4.78 is 0. The molecule has 1 saturated carbocycles. The summed E-state index contributed by atoms with van der Waals surface area (Å²) in [5.41, 5.74) is 0. The first-order chi connectivity index (χ1) is 9.56. The molecule has 1 aliphatic heterocycles. The molecular weight excluding hydrogens is 252 g/mol. The van der Waals surface area contributed by atoms with E-state index in [1.807, 2.05) is 0 Å². The molecule has 2 fully saturated rings. The maximum Gasteiger partial charge on any atom is 0.306 e. The van der Waals surface area contributed by atoms with Crippen molar-refractivity contribution in [1.29, 1.82) is 0 Å². The molecule has 0 aromatic heterocycles. The smallest absolute Gasteiger partial charge is 0.306 e. The molecule has 0 amide bonds. The normalized spacial score (nSPS) is 33.0. The summed E-state index contributed by atoms with van der Waals surface area (Å²) >= 11 is 0. The maximum absolute atomic E-state index is 11.1. The fourth-order valence-electron chi connectivity index (χ4n) is 3.70. The molecule has 4 nitrogen and oxygen atoms in total. The molecule has 3 unspecified atom stereocenters. The summed E-state index contributed by atoms with van der Waals surface area (Å²) in [6, 6.07) is 1.64. The van der Waals surface area contributed by atoms with Gasteiger partial charge < -0.3 is 15.3 Å². The van der Waals surface area contributed by atoms with Gasteiger partial charge in [-0.15, -0.1) is 0 Å². The second-order valence-electron chi connectivity index (χ2n) is 6.82. The van der Waals surface area contributed by atoms with Crippen molar-refractivity contribution in [2.75, 3.05) is 13.1 Å². The lowest BCUT2D eigenvalue weighted by Crippen LogP contribution is -2.43. The topological polar surface area (TPSA) is 52.6 Å². The number of carboxylic acids is 1. The van der Waals surface area contributed by atoms with E-state index < -0.39 is 5.97 Å². The Hall–Kier alpha value is -0.610. The summed E-state index contributed by atoms with van der Waals surface area (Å²) in [4.78, 5) is 13.7. The highest BCUT2D eigenvalue weighted by Gasteiger charge is 2.28. The van der Waals surface area contributed by atoms with Crippen molar-refractivity contribution < 1.29 is 9.90 Å². The van der Waals surface area contributed by atoms with Crippen LogP contribution in [-0.4, -0.2) is 47.2 Å². The lowest BCUT2D eigenvalue weighted by Gasteiger charge is -2.31. The van der Waals surface area contributed by atoms with Crippen molar-refractivity contribution >= 4 is 5.97 Å². The predicted molar refractivity (Wildman–Crippen MR) is 80.9 cm³/mol. The Kier molecular flexibility index (Phi) is 5.85. The van der Waals surface area contributed by atoms with E-state index in [-0.39, 0.29) is 5.92 Å². The summed E-state index contributed by atoms with van der Waals surface area (Å²) in [7, 11) is 0. The first-order valence-corrected chi connectivity index (χ1v) is 8.29. The Labute approximate surface area is 122 Å². The Bertz CT molecular complexity index is 320. The number of nitrogens with zero attached hydrogens (tertiary/aromatic N) is 1. The molecule has 2 N–H and O–H groups in total. The SMILES string of the molecule is CC(C)N1CCCC(NC2CCCC(C(=O)O)C2)CC1. The van der Waals surface area contributed by atoms with E-state index in [1.54, 1.807) is 0 Å². The van der Waals surface area contributed by atoms with Crippen LogP contribution in [0.4, 0.5) is 0 Å². The van der Waals surface area contributed by atoms with Crippen LogP contribution < -0.4 is 5.32 Å². The molecule has 2 aliphatic rings. The van der Waals surface area contributed by atoms with Crippen molar-refractivity contribution in [3.05, 3.63) is 0 Å². The van der Waals surface area contributed by atoms with Gasteiger partial charge >= 0.3 is 5.97 Å². The average molecular weight is 282 g/mol. The molecule has 0 aromatic carbocycles. The zero-order valence-corrected chi connectivity index (χ0v) is 13.0. The van der Waals surface area contributed by atoms with Gasteiger partial charge in [0.05, 0.1) is 5.92 Å². The molecule has 0 bridgehead atoms. The predicted octanol–water partition coefficient (Wildman–Crippen LogP) is 2.48. The van der Waals surface area contributed by atoms with Crippen LogP contribution in [-0.2, 0) is 4.79 Å². The third-order valence-electron chi connectivity index (χ3n) is 4.99. The third-order valence-corrected chi connectivity index (χ3v) is 4.99. The molecule has 0 radical (unpaired) electrons. The molecule has 0 spiro atoms. The van der Waals surface area contributed by atoms with Gasteiger partial charge in [-0.05, 0) is 65.5 Å². The minimum atomic E-state index is -0.608. The fourth-order valence-corrected chi connectivity index (χ4v) is 3.70. The Morgan fingerprint density at radius 1 is 1.10 bits per heavy atom. The van der Waals surface area contributed by atoms with Crippen LogP contribution in [0.25, 0.3) is 0 Å². The van der Waals surface area contributed by atoms with Crippen molar-refractivity contribution in [2.24, 2.45) is 5.92 Å². The van der Waals surface area contributed by atoms with E-state index in [1.165, 1.54) is 32.4 Å². The number of carbonyl (C=O) groups is 1. The largest absolute Gasteiger partial charge is 0.481 e. The van der Waals surface area contributed by atoms with E-state index >= 15 is 0 Å². The average Bonchev–Trinajstić information content (AvgIpc) is 2.65. The lowest BCUT2D eigenvalue weighted by molar-refractivity contribution is -0.143. The standard InChI is InChI=1S/C16H30N2O2/c1-12(2)18-9-4-7-14(8-10-18)17-15-6-3-5-13(11-15)16(19)20/h12-15,17H,3-11H2,1-2H3,(H,19,20). The van der Waals surface area contributed by atoms with Gasteiger partial charge in [0.2, 0.25) is 0 Å². The molecule has 2 rings (SSSR count). The first kappa shape index (κ1) is 15.8. The van der Waals surface area contributed by atoms with E-state index in [9.17, 15) is 4.79 Å². The van der Waals surface area contributed by atoms with Gasteiger partial charge in [-0.25, -0.2) is 0 Å². The Morgan fingerprint density at radius 2 is 1.85 bits per heavy atom. The van der Waals surface area contributed by atoms with Crippen LogP contribution in [0.15, 0.2) is 0 Å². The minimum Gasteiger partial charge on any atom is -0.481 e. The number of aliphatic carboxylic acids is 1. The van der Waals surface area contributed by atoms with Crippen LogP contribution in [0, 0.1) is 5.92 Å². The first-order valence-electron chi connectivity index (χ1n) is 8.29. The lowest BCUT2D eigenvalue weighted by atomic mass is 9.85. The zero-order valence-electron chi connectivity index (χ0n) is 13.0. The van der Waals surface area contributed by atoms with Crippen LogP contribution >= 0.6 is 0 Å².